The molecule has 1 aliphatic rings. The molecule has 0 bridgehead atoms. The summed E-state index contributed by atoms with van der Waals surface area (Å²) in [6.07, 6.45) is 0.939. The van der Waals surface area contributed by atoms with Crippen molar-refractivity contribution >= 4 is 23.3 Å². The maximum Gasteiger partial charge on any atom is 0.170 e. The summed E-state index contributed by atoms with van der Waals surface area (Å²) in [7, 11) is 0. The third kappa shape index (κ3) is 3.69. The van der Waals surface area contributed by atoms with Crippen molar-refractivity contribution in [3.05, 3.63) is 5.82 Å². The molecule has 0 aromatic carbocycles. The van der Waals surface area contributed by atoms with Crippen LogP contribution in [0.3, 0.4) is 0 Å². The van der Waals surface area contributed by atoms with Crippen molar-refractivity contribution in [2.24, 2.45) is 0 Å². The Morgan fingerprint density at radius 2 is 2.25 bits per heavy atom. The number of thioether (sulfide) groups is 1. The quantitative estimate of drug-likeness (QED) is 0.801. The number of nitrogens with zero attached hydrogens (tertiary/aromatic N) is 3. The van der Waals surface area contributed by atoms with Crippen LogP contribution in [0.25, 0.3) is 0 Å². The van der Waals surface area contributed by atoms with Crippen LogP contribution >= 0.6 is 23.3 Å². The molecule has 0 aliphatic carbocycles. The highest BCUT2D eigenvalue weighted by molar-refractivity contribution is 8.00. The Hall–Kier alpha value is -0.170. The van der Waals surface area contributed by atoms with E-state index in [-0.39, 0.29) is 0 Å². The molecule has 1 aliphatic heterocycles. The molecule has 0 spiro atoms. The predicted octanol–water partition coefficient (Wildman–Crippen LogP) is 1.10. The summed E-state index contributed by atoms with van der Waals surface area (Å²) in [5.74, 6) is 2.10. The number of hydrogen-bond donors (Lipinski definition) is 1. The topological polar surface area (TPSA) is 41.1 Å². The molecular weight excluding hydrogens is 240 g/mol. The number of aryl methyl sites for hydroxylation is 1. The molecule has 1 aromatic rings. The molecule has 0 amide bonds. The second-order valence-corrected chi connectivity index (χ2v) is 5.86. The third-order valence-electron chi connectivity index (χ3n) is 2.61. The monoisotopic (exact) mass is 258 g/mol. The Kier molecular flexibility index (Phi) is 5.02. The number of hydrogen-bond acceptors (Lipinski definition) is 6. The fraction of sp³-hybridized carbons (Fsp3) is 0.800. The Balaban J connectivity index is 1.66. The van der Waals surface area contributed by atoms with Gasteiger partial charge in [-0.25, -0.2) is 4.98 Å². The van der Waals surface area contributed by atoms with Crippen molar-refractivity contribution in [1.82, 2.24) is 19.6 Å². The van der Waals surface area contributed by atoms with E-state index in [4.69, 9.17) is 0 Å². The predicted molar refractivity (Wildman–Crippen MR) is 69.3 cm³/mol. The Morgan fingerprint density at radius 3 is 2.94 bits per heavy atom. The van der Waals surface area contributed by atoms with Crippen LogP contribution in [-0.2, 0) is 6.42 Å². The van der Waals surface area contributed by atoms with Crippen molar-refractivity contribution in [2.75, 3.05) is 38.5 Å². The molecule has 2 heterocycles. The molecule has 0 saturated carbocycles. The summed E-state index contributed by atoms with van der Waals surface area (Å²) >= 11 is 3.36. The molecule has 16 heavy (non-hydrogen) atoms. The zero-order valence-corrected chi connectivity index (χ0v) is 11.2. The van der Waals surface area contributed by atoms with Gasteiger partial charge in [0.1, 0.15) is 5.82 Å². The molecule has 90 valence electrons. The van der Waals surface area contributed by atoms with Crippen molar-refractivity contribution < 1.29 is 0 Å². The highest BCUT2D eigenvalue weighted by atomic mass is 32.2. The summed E-state index contributed by atoms with van der Waals surface area (Å²) in [6.45, 7) is 7.87. The first kappa shape index (κ1) is 12.3. The minimum absolute atomic E-state index is 0.939. The van der Waals surface area contributed by atoms with E-state index in [1.165, 1.54) is 24.6 Å². The van der Waals surface area contributed by atoms with Gasteiger partial charge in [-0.2, -0.15) is 4.37 Å². The van der Waals surface area contributed by atoms with Gasteiger partial charge in [0.2, 0.25) is 0 Å². The number of rotatable bonds is 5. The highest BCUT2D eigenvalue weighted by Gasteiger charge is 2.09. The fourth-order valence-electron chi connectivity index (χ4n) is 1.64. The van der Waals surface area contributed by atoms with Gasteiger partial charge in [-0.15, -0.1) is 0 Å². The van der Waals surface area contributed by atoms with E-state index in [1.54, 1.807) is 0 Å². The molecule has 6 heteroatoms. The van der Waals surface area contributed by atoms with Crippen molar-refractivity contribution in [3.63, 3.8) is 0 Å². The van der Waals surface area contributed by atoms with E-state index in [1.807, 2.05) is 11.8 Å². The van der Waals surface area contributed by atoms with Gasteiger partial charge in [-0.05, 0) is 11.5 Å². The molecule has 1 saturated heterocycles. The van der Waals surface area contributed by atoms with Gasteiger partial charge in [0.15, 0.2) is 4.34 Å². The lowest BCUT2D eigenvalue weighted by molar-refractivity contribution is 0.255. The van der Waals surface area contributed by atoms with Gasteiger partial charge in [0.05, 0.1) is 0 Å². The zero-order chi connectivity index (χ0) is 11.2. The summed E-state index contributed by atoms with van der Waals surface area (Å²) in [5, 5.41) is 3.37. The van der Waals surface area contributed by atoms with Crippen LogP contribution in [0.15, 0.2) is 4.34 Å². The van der Waals surface area contributed by atoms with Gasteiger partial charge in [-0.1, -0.05) is 18.7 Å². The second-order valence-electron chi connectivity index (χ2n) is 3.77. The highest BCUT2D eigenvalue weighted by Crippen LogP contribution is 2.20. The van der Waals surface area contributed by atoms with Gasteiger partial charge in [0, 0.05) is 44.9 Å². The average molecular weight is 258 g/mol. The molecular formula is C10H18N4S2. The standard InChI is InChI=1S/C10H18N4S2/c1-2-9-12-10(16-13-9)15-8-7-14-5-3-11-4-6-14/h11H,2-8H2,1H3. The summed E-state index contributed by atoms with van der Waals surface area (Å²) in [5.41, 5.74) is 0. The smallest absolute Gasteiger partial charge is 0.170 e. The Labute approximate surface area is 105 Å². The maximum absolute atomic E-state index is 4.45. The summed E-state index contributed by atoms with van der Waals surface area (Å²) in [6, 6.07) is 0. The lowest BCUT2D eigenvalue weighted by Crippen LogP contribution is -2.44. The van der Waals surface area contributed by atoms with Crippen LogP contribution in [0, 0.1) is 0 Å². The van der Waals surface area contributed by atoms with Gasteiger partial charge in [-0.3, -0.25) is 4.90 Å². The molecule has 0 unspecified atom stereocenters. The number of nitrogens with one attached hydrogen (secondary N) is 1. The fourth-order valence-corrected chi connectivity index (χ4v) is 3.40. The SMILES string of the molecule is CCc1nsc(SCCN2CCNCC2)n1. The third-order valence-corrected chi connectivity index (χ3v) is 4.46. The summed E-state index contributed by atoms with van der Waals surface area (Å²) < 4.78 is 5.40. The van der Waals surface area contributed by atoms with Crippen LogP contribution in [0.4, 0.5) is 0 Å². The lowest BCUT2D eigenvalue weighted by atomic mass is 10.4. The summed E-state index contributed by atoms with van der Waals surface area (Å²) in [4.78, 5) is 6.96. The average Bonchev–Trinajstić information content (AvgIpc) is 2.78. The van der Waals surface area contributed by atoms with Crippen LogP contribution < -0.4 is 5.32 Å². The van der Waals surface area contributed by atoms with Crippen LogP contribution in [-0.4, -0.2) is 52.7 Å². The Morgan fingerprint density at radius 1 is 1.44 bits per heavy atom. The van der Waals surface area contributed by atoms with Crippen LogP contribution in [0.1, 0.15) is 12.7 Å². The minimum Gasteiger partial charge on any atom is -0.314 e. The first-order chi connectivity index (χ1) is 7.88. The molecule has 0 radical (unpaired) electrons. The molecule has 2 rings (SSSR count). The zero-order valence-electron chi connectivity index (χ0n) is 9.61. The van der Waals surface area contributed by atoms with E-state index in [0.717, 1.165) is 42.0 Å². The molecule has 1 N–H and O–H groups in total. The van der Waals surface area contributed by atoms with Crippen molar-refractivity contribution in [3.8, 4) is 0 Å². The van der Waals surface area contributed by atoms with Gasteiger partial charge >= 0.3 is 0 Å². The first-order valence-electron chi connectivity index (χ1n) is 5.77. The maximum atomic E-state index is 4.45. The molecule has 0 atom stereocenters. The molecule has 1 aromatic heterocycles. The second kappa shape index (κ2) is 6.54. The van der Waals surface area contributed by atoms with Gasteiger partial charge in [0.25, 0.3) is 0 Å². The van der Waals surface area contributed by atoms with Gasteiger partial charge < -0.3 is 5.32 Å². The minimum atomic E-state index is 0.939. The van der Waals surface area contributed by atoms with E-state index in [2.05, 4.69) is 26.5 Å². The molecule has 1 fully saturated rings. The Bertz CT molecular complexity index is 310. The largest absolute Gasteiger partial charge is 0.314 e. The number of piperazine rings is 1. The van der Waals surface area contributed by atoms with E-state index >= 15 is 0 Å². The van der Waals surface area contributed by atoms with Crippen LogP contribution in [0.5, 0.6) is 0 Å². The van der Waals surface area contributed by atoms with E-state index in [0.29, 0.717) is 0 Å². The van der Waals surface area contributed by atoms with E-state index < -0.39 is 0 Å². The van der Waals surface area contributed by atoms with Crippen molar-refractivity contribution in [2.45, 2.75) is 17.7 Å². The molecule has 4 nitrogen and oxygen atoms in total. The van der Waals surface area contributed by atoms with E-state index in [9.17, 15) is 0 Å². The normalized spacial score (nSPS) is 17.8. The van der Waals surface area contributed by atoms with Crippen LogP contribution in [0.2, 0.25) is 0 Å². The first-order valence-corrected chi connectivity index (χ1v) is 7.53. The number of aromatic nitrogens is 2. The van der Waals surface area contributed by atoms with Crippen molar-refractivity contribution in [1.29, 1.82) is 0 Å². The lowest BCUT2D eigenvalue weighted by Gasteiger charge is -2.26.